The molecule has 0 aliphatic carbocycles. The highest BCUT2D eigenvalue weighted by Crippen LogP contribution is 2.22. The number of nitrogens with zero attached hydrogens (tertiary/aromatic N) is 1. The first-order chi connectivity index (χ1) is 10.8. The van der Waals surface area contributed by atoms with Gasteiger partial charge in [-0.3, -0.25) is 4.90 Å². The molecule has 0 amide bonds. The Morgan fingerprint density at radius 2 is 1.77 bits per heavy atom. The van der Waals surface area contributed by atoms with Gasteiger partial charge < -0.3 is 0 Å². The van der Waals surface area contributed by atoms with Crippen molar-refractivity contribution in [3.63, 3.8) is 0 Å². The largest absolute Gasteiger partial charge is 0.295 e. The minimum atomic E-state index is 0.657. The fraction of sp³-hybridized carbons (Fsp3) is 0.300. The summed E-state index contributed by atoms with van der Waals surface area (Å²) in [6.07, 6.45) is 7.08. The van der Waals surface area contributed by atoms with E-state index in [1.807, 2.05) is 0 Å². The van der Waals surface area contributed by atoms with Gasteiger partial charge in [-0.1, -0.05) is 76.6 Å². The van der Waals surface area contributed by atoms with Gasteiger partial charge in [0, 0.05) is 24.1 Å². The lowest BCUT2D eigenvalue weighted by Gasteiger charge is -2.29. The van der Waals surface area contributed by atoms with E-state index < -0.39 is 0 Å². The molecule has 2 heteroatoms. The molecular formula is C20H22BrN. The molecule has 1 heterocycles. The van der Waals surface area contributed by atoms with Crippen LogP contribution in [0.5, 0.6) is 0 Å². The Balaban J connectivity index is 1.54. The summed E-state index contributed by atoms with van der Waals surface area (Å²) >= 11 is 3.65. The lowest BCUT2D eigenvalue weighted by molar-refractivity contribution is 0.246. The third-order valence-corrected chi connectivity index (χ3v) is 5.03. The second kappa shape index (κ2) is 7.75. The number of hydrogen-bond acceptors (Lipinski definition) is 1. The SMILES string of the molecule is Brc1ccccc1CC[C@@H]1C=CCN(Cc2ccccc2)C1. The van der Waals surface area contributed by atoms with Gasteiger partial charge in [0.25, 0.3) is 0 Å². The molecule has 2 aromatic rings. The third kappa shape index (κ3) is 4.31. The van der Waals surface area contributed by atoms with E-state index in [1.165, 1.54) is 22.0 Å². The summed E-state index contributed by atoms with van der Waals surface area (Å²) < 4.78 is 1.23. The molecular weight excluding hydrogens is 334 g/mol. The van der Waals surface area contributed by atoms with E-state index in [2.05, 4.69) is 87.6 Å². The molecule has 3 rings (SSSR count). The van der Waals surface area contributed by atoms with E-state index in [1.54, 1.807) is 0 Å². The monoisotopic (exact) mass is 355 g/mol. The standard InChI is InChI=1S/C20H22BrN/c21-20-11-5-4-10-19(20)13-12-18-9-6-14-22(16-18)15-17-7-2-1-3-8-17/h1-11,18H,12-16H2/t18-/m0/s1. The van der Waals surface area contributed by atoms with Gasteiger partial charge in [0.15, 0.2) is 0 Å². The molecule has 2 aromatic carbocycles. The van der Waals surface area contributed by atoms with Crippen molar-refractivity contribution >= 4 is 15.9 Å². The number of benzene rings is 2. The maximum Gasteiger partial charge on any atom is 0.0237 e. The number of rotatable bonds is 5. The van der Waals surface area contributed by atoms with E-state index in [4.69, 9.17) is 0 Å². The molecule has 0 saturated carbocycles. The summed E-state index contributed by atoms with van der Waals surface area (Å²) in [4.78, 5) is 2.54. The quantitative estimate of drug-likeness (QED) is 0.676. The fourth-order valence-electron chi connectivity index (χ4n) is 3.07. The molecule has 0 fully saturated rings. The lowest BCUT2D eigenvalue weighted by Crippen LogP contribution is -2.32. The van der Waals surface area contributed by atoms with Crippen LogP contribution in [-0.2, 0) is 13.0 Å². The van der Waals surface area contributed by atoms with Crippen LogP contribution in [0.2, 0.25) is 0 Å². The summed E-state index contributed by atoms with van der Waals surface area (Å²) in [6, 6.07) is 19.3. The average molecular weight is 356 g/mol. The molecule has 0 spiro atoms. The molecule has 1 aliphatic heterocycles. The fourth-order valence-corrected chi connectivity index (χ4v) is 3.55. The maximum atomic E-state index is 3.65. The molecule has 0 aromatic heterocycles. The normalized spacial score (nSPS) is 18.5. The average Bonchev–Trinajstić information content (AvgIpc) is 2.55. The van der Waals surface area contributed by atoms with Crippen LogP contribution in [0.1, 0.15) is 17.5 Å². The molecule has 1 aliphatic rings. The van der Waals surface area contributed by atoms with Crippen LogP contribution >= 0.6 is 15.9 Å². The first-order valence-corrected chi connectivity index (χ1v) is 8.77. The Hall–Kier alpha value is -1.38. The number of halogens is 1. The number of aryl methyl sites for hydroxylation is 1. The first kappa shape index (κ1) is 15.5. The summed E-state index contributed by atoms with van der Waals surface area (Å²) in [7, 11) is 0. The van der Waals surface area contributed by atoms with Crippen LogP contribution in [0.15, 0.2) is 71.2 Å². The molecule has 0 saturated heterocycles. The van der Waals surface area contributed by atoms with E-state index in [-0.39, 0.29) is 0 Å². The van der Waals surface area contributed by atoms with Gasteiger partial charge in [-0.15, -0.1) is 0 Å². The zero-order valence-corrected chi connectivity index (χ0v) is 14.4. The van der Waals surface area contributed by atoms with Crippen molar-refractivity contribution in [1.29, 1.82) is 0 Å². The Morgan fingerprint density at radius 3 is 2.59 bits per heavy atom. The minimum absolute atomic E-state index is 0.657. The van der Waals surface area contributed by atoms with E-state index in [9.17, 15) is 0 Å². The van der Waals surface area contributed by atoms with Crippen molar-refractivity contribution < 1.29 is 0 Å². The predicted molar refractivity (Wildman–Crippen MR) is 96.8 cm³/mol. The summed E-state index contributed by atoms with van der Waals surface area (Å²) in [5, 5.41) is 0. The van der Waals surface area contributed by atoms with E-state index >= 15 is 0 Å². The molecule has 0 unspecified atom stereocenters. The summed E-state index contributed by atoms with van der Waals surface area (Å²) in [6.45, 7) is 3.28. The summed E-state index contributed by atoms with van der Waals surface area (Å²) in [5.41, 5.74) is 2.82. The lowest BCUT2D eigenvalue weighted by atomic mass is 9.96. The van der Waals surface area contributed by atoms with Crippen molar-refractivity contribution in [1.82, 2.24) is 4.90 Å². The molecule has 22 heavy (non-hydrogen) atoms. The molecule has 114 valence electrons. The van der Waals surface area contributed by atoms with E-state index in [0.717, 1.165) is 26.1 Å². The van der Waals surface area contributed by atoms with Gasteiger partial charge in [-0.2, -0.15) is 0 Å². The molecule has 0 bridgehead atoms. The smallest absolute Gasteiger partial charge is 0.0237 e. The molecule has 0 radical (unpaired) electrons. The van der Waals surface area contributed by atoms with Gasteiger partial charge in [0.05, 0.1) is 0 Å². The van der Waals surface area contributed by atoms with Crippen LogP contribution in [0.25, 0.3) is 0 Å². The highest BCUT2D eigenvalue weighted by molar-refractivity contribution is 9.10. The zero-order valence-electron chi connectivity index (χ0n) is 12.8. The van der Waals surface area contributed by atoms with Crippen molar-refractivity contribution in [3.8, 4) is 0 Å². The Bertz CT molecular complexity index is 621. The second-order valence-corrected chi connectivity index (χ2v) is 6.85. The maximum absolute atomic E-state index is 3.65. The van der Waals surface area contributed by atoms with Crippen LogP contribution < -0.4 is 0 Å². The van der Waals surface area contributed by atoms with Gasteiger partial charge in [-0.05, 0) is 36.0 Å². The topological polar surface area (TPSA) is 3.24 Å². The van der Waals surface area contributed by atoms with Crippen LogP contribution in [0.4, 0.5) is 0 Å². The molecule has 0 N–H and O–H groups in total. The Morgan fingerprint density at radius 1 is 1.00 bits per heavy atom. The van der Waals surface area contributed by atoms with E-state index in [0.29, 0.717) is 5.92 Å². The van der Waals surface area contributed by atoms with Crippen molar-refractivity contribution in [2.75, 3.05) is 13.1 Å². The Kier molecular flexibility index (Phi) is 5.47. The Labute approximate surface area is 141 Å². The highest BCUT2D eigenvalue weighted by atomic mass is 79.9. The van der Waals surface area contributed by atoms with Gasteiger partial charge in [0.1, 0.15) is 0 Å². The van der Waals surface area contributed by atoms with Gasteiger partial charge in [0.2, 0.25) is 0 Å². The predicted octanol–water partition coefficient (Wildman–Crippen LogP) is 5.07. The van der Waals surface area contributed by atoms with Crippen molar-refractivity contribution in [3.05, 3.63) is 82.3 Å². The van der Waals surface area contributed by atoms with Crippen LogP contribution in [-0.4, -0.2) is 18.0 Å². The zero-order chi connectivity index (χ0) is 15.2. The number of hydrogen-bond donors (Lipinski definition) is 0. The van der Waals surface area contributed by atoms with Crippen molar-refractivity contribution in [2.24, 2.45) is 5.92 Å². The third-order valence-electron chi connectivity index (χ3n) is 4.26. The first-order valence-electron chi connectivity index (χ1n) is 7.97. The molecule has 1 nitrogen and oxygen atoms in total. The van der Waals surface area contributed by atoms with Crippen LogP contribution in [0.3, 0.4) is 0 Å². The van der Waals surface area contributed by atoms with Gasteiger partial charge >= 0.3 is 0 Å². The van der Waals surface area contributed by atoms with Crippen LogP contribution in [0, 0.1) is 5.92 Å². The molecule has 1 atom stereocenters. The van der Waals surface area contributed by atoms with Crippen molar-refractivity contribution in [2.45, 2.75) is 19.4 Å². The second-order valence-electron chi connectivity index (χ2n) is 6.00. The van der Waals surface area contributed by atoms with Gasteiger partial charge in [-0.25, -0.2) is 0 Å². The highest BCUT2D eigenvalue weighted by Gasteiger charge is 2.16. The summed E-state index contributed by atoms with van der Waals surface area (Å²) in [5.74, 6) is 0.657. The minimum Gasteiger partial charge on any atom is -0.295 e.